The summed E-state index contributed by atoms with van der Waals surface area (Å²) in [6.07, 6.45) is -4.31. The third kappa shape index (κ3) is 4.30. The van der Waals surface area contributed by atoms with Gasteiger partial charge in [-0.25, -0.2) is 12.8 Å². The number of halogens is 5. The highest BCUT2D eigenvalue weighted by Crippen LogP contribution is 2.34. The number of nitrogens with zero attached hydrogens (tertiary/aromatic N) is 2. The van der Waals surface area contributed by atoms with Gasteiger partial charge in [0.2, 0.25) is 10.0 Å². The van der Waals surface area contributed by atoms with Gasteiger partial charge in [0.15, 0.2) is 0 Å². The number of hydrogen-bond donors (Lipinski definition) is 1. The Hall–Kier alpha value is -0.940. The van der Waals surface area contributed by atoms with Crippen molar-refractivity contribution in [3.8, 4) is 0 Å². The van der Waals surface area contributed by atoms with Crippen molar-refractivity contribution in [3.05, 3.63) is 29.6 Å². The molecule has 2 saturated heterocycles. The van der Waals surface area contributed by atoms with Crippen LogP contribution in [0.2, 0.25) is 0 Å². The fourth-order valence-electron chi connectivity index (χ4n) is 3.31. The lowest BCUT2D eigenvalue weighted by molar-refractivity contribution is -0.140. The average Bonchev–Trinajstić information content (AvgIpc) is 3.05. The van der Waals surface area contributed by atoms with Crippen molar-refractivity contribution in [1.29, 1.82) is 0 Å². The summed E-state index contributed by atoms with van der Waals surface area (Å²) in [4.78, 5) is 1.67. The maximum absolute atomic E-state index is 13.4. The molecular weight excluding hydrogens is 398 g/mol. The smallest absolute Gasteiger partial charge is 0.314 e. The average molecular weight is 418 g/mol. The van der Waals surface area contributed by atoms with E-state index < -0.39 is 32.5 Å². The quantitative estimate of drug-likeness (QED) is 0.764. The zero-order valence-electron chi connectivity index (χ0n) is 13.8. The molecule has 1 atom stereocenters. The monoisotopic (exact) mass is 417 g/mol. The molecule has 0 saturated carbocycles. The van der Waals surface area contributed by atoms with Gasteiger partial charge in [0, 0.05) is 45.3 Å². The number of nitrogens with one attached hydrogen (secondary N) is 1. The van der Waals surface area contributed by atoms with Gasteiger partial charge in [-0.2, -0.15) is 17.5 Å². The van der Waals surface area contributed by atoms with Gasteiger partial charge in [0.1, 0.15) is 5.82 Å². The first-order valence-corrected chi connectivity index (χ1v) is 9.45. The Balaban J connectivity index is 0.00000243. The third-order valence-corrected chi connectivity index (χ3v) is 6.54. The second kappa shape index (κ2) is 7.97. The lowest BCUT2D eigenvalue weighted by Crippen LogP contribution is -2.49. The van der Waals surface area contributed by atoms with E-state index in [0.717, 1.165) is 32.2 Å². The molecule has 1 aromatic carbocycles. The second-order valence-corrected chi connectivity index (χ2v) is 8.17. The summed E-state index contributed by atoms with van der Waals surface area (Å²) in [6, 6.07) is 1.87. The summed E-state index contributed by atoms with van der Waals surface area (Å²) in [7, 11) is -4.09. The Morgan fingerprint density at radius 2 is 1.77 bits per heavy atom. The molecule has 26 heavy (non-hydrogen) atoms. The molecule has 5 nitrogen and oxygen atoms in total. The molecule has 3 rings (SSSR count). The Kier molecular flexibility index (Phi) is 6.55. The molecular formula is C15H20ClF4N3O2S. The molecule has 0 amide bonds. The van der Waals surface area contributed by atoms with Crippen LogP contribution < -0.4 is 5.32 Å². The molecule has 0 aliphatic carbocycles. The van der Waals surface area contributed by atoms with Crippen molar-refractivity contribution < 1.29 is 26.0 Å². The molecule has 148 valence electrons. The number of piperazine rings is 1. The predicted octanol–water partition coefficient (Wildman–Crippen LogP) is 1.93. The Morgan fingerprint density at radius 3 is 2.38 bits per heavy atom. The normalized spacial score (nSPS) is 23.0. The van der Waals surface area contributed by atoms with Gasteiger partial charge in [-0.1, -0.05) is 0 Å². The Bertz CT molecular complexity index is 739. The van der Waals surface area contributed by atoms with Gasteiger partial charge in [0.05, 0.1) is 10.5 Å². The van der Waals surface area contributed by atoms with Crippen LogP contribution >= 0.6 is 12.4 Å². The lowest BCUT2D eigenvalue weighted by Gasteiger charge is -2.32. The zero-order valence-corrected chi connectivity index (χ0v) is 15.4. The van der Waals surface area contributed by atoms with Crippen LogP contribution in [0.15, 0.2) is 23.1 Å². The molecule has 0 radical (unpaired) electrons. The van der Waals surface area contributed by atoms with E-state index in [1.807, 2.05) is 0 Å². The summed E-state index contributed by atoms with van der Waals surface area (Å²) in [5.41, 5.74) is -1.56. The fourth-order valence-corrected chi connectivity index (χ4v) is 4.82. The summed E-state index contributed by atoms with van der Waals surface area (Å²) < 4.78 is 78.4. The highest BCUT2D eigenvalue weighted by Gasteiger charge is 2.38. The zero-order chi connectivity index (χ0) is 18.2. The molecule has 1 unspecified atom stereocenters. The van der Waals surface area contributed by atoms with Gasteiger partial charge in [-0.3, -0.25) is 4.90 Å². The van der Waals surface area contributed by atoms with Crippen molar-refractivity contribution in [1.82, 2.24) is 14.5 Å². The van der Waals surface area contributed by atoms with E-state index in [9.17, 15) is 26.0 Å². The summed E-state index contributed by atoms with van der Waals surface area (Å²) in [5.74, 6) is -1.48. The summed E-state index contributed by atoms with van der Waals surface area (Å²) in [5, 5.41) is 3.22. The van der Waals surface area contributed by atoms with Crippen molar-refractivity contribution >= 4 is 22.4 Å². The van der Waals surface area contributed by atoms with Gasteiger partial charge >= 0.3 is 6.18 Å². The minimum atomic E-state index is -4.94. The number of hydrogen-bond acceptors (Lipinski definition) is 4. The van der Waals surface area contributed by atoms with Crippen LogP contribution in [0.5, 0.6) is 0 Å². The van der Waals surface area contributed by atoms with Crippen molar-refractivity contribution in [3.63, 3.8) is 0 Å². The minimum absolute atomic E-state index is 0. The number of sulfonamides is 1. The van der Waals surface area contributed by atoms with Crippen LogP contribution in [0.25, 0.3) is 0 Å². The van der Waals surface area contributed by atoms with E-state index in [2.05, 4.69) is 10.2 Å². The van der Waals surface area contributed by atoms with Crippen molar-refractivity contribution in [2.75, 3.05) is 39.3 Å². The van der Waals surface area contributed by atoms with Crippen LogP contribution in [0.3, 0.4) is 0 Å². The van der Waals surface area contributed by atoms with E-state index in [1.54, 1.807) is 0 Å². The van der Waals surface area contributed by atoms with Gasteiger partial charge in [-0.15, -0.1) is 12.4 Å². The third-order valence-electron chi connectivity index (χ3n) is 4.68. The molecule has 0 aromatic heterocycles. The topological polar surface area (TPSA) is 52.7 Å². The highest BCUT2D eigenvalue weighted by molar-refractivity contribution is 7.89. The lowest BCUT2D eigenvalue weighted by atomic mass is 10.2. The van der Waals surface area contributed by atoms with Gasteiger partial charge in [0.25, 0.3) is 0 Å². The molecule has 2 fully saturated rings. The van der Waals surface area contributed by atoms with Crippen LogP contribution in [0, 0.1) is 5.82 Å². The largest absolute Gasteiger partial charge is 0.419 e. The first-order valence-electron chi connectivity index (χ1n) is 8.01. The van der Waals surface area contributed by atoms with E-state index in [0.29, 0.717) is 18.6 Å². The molecule has 2 aliphatic heterocycles. The Morgan fingerprint density at radius 1 is 1.12 bits per heavy atom. The maximum Gasteiger partial charge on any atom is 0.419 e. The number of benzene rings is 1. The molecule has 2 aliphatic rings. The van der Waals surface area contributed by atoms with Gasteiger partial charge in [-0.05, 0) is 24.6 Å². The second-order valence-electron chi connectivity index (χ2n) is 6.23. The highest BCUT2D eigenvalue weighted by atomic mass is 35.5. The van der Waals surface area contributed by atoms with Crippen LogP contribution in [0.1, 0.15) is 12.0 Å². The molecule has 0 spiro atoms. The fraction of sp³-hybridized carbons (Fsp3) is 0.600. The van der Waals surface area contributed by atoms with Crippen LogP contribution in [-0.4, -0.2) is 62.9 Å². The molecule has 11 heteroatoms. The first-order chi connectivity index (χ1) is 11.7. The van der Waals surface area contributed by atoms with Gasteiger partial charge < -0.3 is 5.32 Å². The van der Waals surface area contributed by atoms with Crippen LogP contribution in [0.4, 0.5) is 17.6 Å². The van der Waals surface area contributed by atoms with Crippen molar-refractivity contribution in [2.45, 2.75) is 23.5 Å². The molecule has 1 N–H and O–H groups in total. The Labute approximate surface area is 155 Å². The summed E-state index contributed by atoms with van der Waals surface area (Å²) >= 11 is 0. The van der Waals surface area contributed by atoms with Crippen molar-refractivity contribution in [2.24, 2.45) is 0 Å². The molecule has 1 aromatic rings. The predicted molar refractivity (Wildman–Crippen MR) is 90.3 cm³/mol. The SMILES string of the molecule is Cl.O=S(=O)(c1ccc(F)c(C(F)(F)F)c1)N1CCC(N2CCNCC2)C1. The first kappa shape index (κ1) is 21.4. The van der Waals surface area contributed by atoms with E-state index in [1.165, 1.54) is 4.31 Å². The maximum atomic E-state index is 13.4. The van der Waals surface area contributed by atoms with E-state index >= 15 is 0 Å². The number of alkyl halides is 3. The number of rotatable bonds is 3. The molecule has 2 heterocycles. The molecule has 0 bridgehead atoms. The standard InChI is InChI=1S/C15H19F4N3O2S.ClH/c16-14-2-1-12(9-13(14)15(17,18)19)25(23,24)22-6-3-11(10-22)21-7-4-20-5-8-21;/h1-2,9,11,20H,3-8,10H2;1H. The van der Waals surface area contributed by atoms with E-state index in [-0.39, 0.29) is 31.5 Å². The van der Waals surface area contributed by atoms with E-state index in [4.69, 9.17) is 0 Å². The summed E-state index contributed by atoms with van der Waals surface area (Å²) in [6.45, 7) is 3.77. The minimum Gasteiger partial charge on any atom is -0.314 e. The van der Waals surface area contributed by atoms with Crippen LogP contribution in [-0.2, 0) is 16.2 Å².